The van der Waals surface area contributed by atoms with Crippen molar-refractivity contribution in [1.29, 1.82) is 0 Å². The molecule has 0 amide bonds. The normalized spacial score (nSPS) is 11.1. The van der Waals surface area contributed by atoms with Crippen LogP contribution < -0.4 is 22.9 Å². The topological polar surface area (TPSA) is 299 Å². The quantitative estimate of drug-likeness (QED) is 0.0140. The molecule has 20 nitrogen and oxygen atoms in total. The number of carboxylic acid groups (broad SMARTS) is 1. The molecular weight excluding hydrogens is 2780 g/mol. The van der Waals surface area contributed by atoms with Crippen molar-refractivity contribution in [1.82, 2.24) is 23.3 Å². The van der Waals surface area contributed by atoms with Gasteiger partial charge in [0.05, 0.1) is 84.2 Å². The summed E-state index contributed by atoms with van der Waals surface area (Å²) in [6.07, 6.45) is 12.2. The van der Waals surface area contributed by atoms with Gasteiger partial charge < -0.3 is 52.0 Å². The number of aromatic carboxylic acids is 1. The molecule has 0 aliphatic carbocycles. The molecule has 14 rings (SSSR count). The number of aromatic amines is 1. The molecule has 0 radical (unpaired) electrons. The Morgan fingerprint density at radius 2 is 0.759 bits per heavy atom. The molecule has 0 atom stereocenters. The standard InChI is InChI=1S/C14H14Br2ClNO2.C14H13BrClNO4.C14H13BrClNO3.C14H15BrClNO2.C12H15BrClNSi.2C9H7BrClN.C7H6BrClIN.C7H7BrClN/c1-14(2,3)20-13(19)18-5-4-8-6-10(16)11(17)9(7-15)12(8)18;1-14(2,3)21-13(20)17-5-4-7-6-8(15)10(16)9(11(7)17)12(18)19;1-14(2,3)20-13(19)17-5-4-8-6-10(15)11(16)9(7-18)12(8)17;1-8-11(16)10(15)7-9-5-6-17(12(8)9)13(18)19-14(2,3)4;1-8-11(14)10(13)7-9(12(8)15)5-6-16(2,3)4;1-5-8(11)7(10)4-6-2-3-12-9(5)6;1-3-6-4-7(10)8(11)5(2)9(6)12;1-3-6(9)4(8)2-5(10)7(3)11;1-4-6(10)3-2-5(8)7(4)9/h4-6H,7H2,1-3H3;4-6H,1-3H3,(H,18,19);4-7H,1-3H3;5-7H,1-4H3;7H,15H2,1-4H3;2-4,12H,1H3;1,4H,12H2,2H3;2H,11H2,1H3;2-3H,10H2,1H3. The minimum atomic E-state index is -1.38. The summed E-state index contributed by atoms with van der Waals surface area (Å²) in [5.74, 6) is 4.44. The summed E-state index contributed by atoms with van der Waals surface area (Å²) in [5, 5.41) is 19.3. The minimum absolute atomic E-state index is 0.0403. The number of carbonyl (C=O) groups excluding carboxylic acids is 5. The summed E-state index contributed by atoms with van der Waals surface area (Å²) in [4.78, 5) is 74.7. The molecule has 0 fully saturated rings. The summed E-state index contributed by atoms with van der Waals surface area (Å²) in [7, 11) is -1.38. The first kappa shape index (κ1) is 124. The Kier molecular flexibility index (Phi) is 46.2. The van der Waals surface area contributed by atoms with Crippen molar-refractivity contribution in [3.63, 3.8) is 0 Å². The number of H-pyrrole nitrogens is 1. The molecule has 0 saturated carbocycles. The van der Waals surface area contributed by atoms with Gasteiger partial charge in [-0.3, -0.25) is 23.1 Å². The number of aryl methyl sites for hydroxylation is 2. The van der Waals surface area contributed by atoms with Crippen LogP contribution in [0.2, 0.25) is 64.8 Å². The number of rotatable bonds is 3. The maximum Gasteiger partial charge on any atom is 0.419 e. The zero-order valence-electron chi connectivity index (χ0n) is 79.6. The third-order valence-electron chi connectivity index (χ3n) is 19.2. The number of ether oxygens (including phenoxy) is 4. The van der Waals surface area contributed by atoms with E-state index < -0.39 is 60.8 Å². The highest BCUT2D eigenvalue weighted by atomic mass is 127. The van der Waals surface area contributed by atoms with Gasteiger partial charge in [-0.1, -0.05) is 152 Å². The number of hydrogen-bond acceptors (Lipinski definition) is 14. The molecule has 10 N–H and O–H groups in total. The fourth-order valence-corrected chi connectivity index (χ4v) is 20.7. The largest absolute Gasteiger partial charge is 0.478 e. The summed E-state index contributed by atoms with van der Waals surface area (Å²) in [6.45, 7) is 39.6. The molecule has 0 aliphatic heterocycles. The van der Waals surface area contributed by atoms with E-state index in [1.807, 2.05) is 150 Å². The van der Waals surface area contributed by atoms with Gasteiger partial charge in [0, 0.05) is 141 Å². The van der Waals surface area contributed by atoms with E-state index in [2.05, 4.69) is 224 Å². The van der Waals surface area contributed by atoms with Gasteiger partial charge in [0.15, 0.2) is 6.29 Å². The number of nitrogens with one attached hydrogen (secondary N) is 1. The summed E-state index contributed by atoms with van der Waals surface area (Å²) >= 11 is 90.1. The van der Waals surface area contributed by atoms with Crippen LogP contribution >= 0.6 is 286 Å². The van der Waals surface area contributed by atoms with Gasteiger partial charge in [-0.25, -0.2) is 24.0 Å². The van der Waals surface area contributed by atoms with E-state index in [4.69, 9.17) is 153 Å². The molecule has 14 aromatic rings. The number of benzene rings is 9. The van der Waals surface area contributed by atoms with E-state index in [0.29, 0.717) is 78.5 Å². The van der Waals surface area contributed by atoms with Crippen molar-refractivity contribution in [3.8, 4) is 23.8 Å². The molecule has 0 aliphatic rings. The van der Waals surface area contributed by atoms with Crippen LogP contribution in [0.25, 0.3) is 54.5 Å². The van der Waals surface area contributed by atoms with Crippen LogP contribution in [-0.2, 0) is 24.3 Å². The summed E-state index contributed by atoms with van der Waals surface area (Å²) < 4.78 is 34.9. The second-order valence-corrected chi connectivity index (χ2v) is 53.3. The lowest BCUT2D eigenvalue weighted by atomic mass is 10.1. The summed E-state index contributed by atoms with van der Waals surface area (Å²) in [6, 6.07) is 27.5. The Labute approximate surface area is 963 Å². The van der Waals surface area contributed by atoms with Gasteiger partial charge in [-0.05, 0) is 415 Å². The van der Waals surface area contributed by atoms with Crippen LogP contribution in [0.3, 0.4) is 0 Å². The molecule has 5 aromatic heterocycles. The van der Waals surface area contributed by atoms with Gasteiger partial charge >= 0.3 is 30.3 Å². The van der Waals surface area contributed by atoms with Crippen LogP contribution in [0.15, 0.2) is 162 Å². The fourth-order valence-electron chi connectivity index (χ4n) is 12.3. The Hall–Kier alpha value is -5.62. The highest BCUT2D eigenvalue weighted by Gasteiger charge is 2.29. The fraction of sp³-hybridized carbons (Fsp3) is 0.260. The lowest BCUT2D eigenvalue weighted by Gasteiger charge is -2.20. The van der Waals surface area contributed by atoms with Gasteiger partial charge in [0.2, 0.25) is 0 Å². The number of nitrogens with zero attached hydrogens (tertiary/aromatic N) is 4. The Morgan fingerprint density at radius 3 is 1.17 bits per heavy atom. The van der Waals surface area contributed by atoms with Crippen LogP contribution in [0, 0.1) is 68.9 Å². The van der Waals surface area contributed by atoms with Gasteiger partial charge in [0.25, 0.3) is 0 Å². The molecular formula is C100H97Br10Cl9IN9O11Si. The number of halogens is 20. The van der Waals surface area contributed by atoms with Gasteiger partial charge in [-0.2, -0.15) is 0 Å². The lowest BCUT2D eigenvalue weighted by molar-refractivity contribution is 0.0532. The average molecular weight is 2870 g/mol. The molecule has 5 heterocycles. The number of carbonyl (C=O) groups is 6. The number of fused-ring (bicyclic) bond motifs is 5. The van der Waals surface area contributed by atoms with E-state index >= 15 is 0 Å². The van der Waals surface area contributed by atoms with Crippen LogP contribution in [0.5, 0.6) is 0 Å². The monoisotopic (exact) mass is 2860 g/mol. The zero-order chi connectivity index (χ0) is 107. The van der Waals surface area contributed by atoms with Crippen molar-refractivity contribution in [3.05, 3.63) is 272 Å². The predicted molar refractivity (Wildman–Crippen MR) is 635 cm³/mol. The van der Waals surface area contributed by atoms with Crippen LogP contribution in [0.1, 0.15) is 154 Å². The number of nitrogen functional groups attached to an aromatic ring is 4. The third-order valence-corrected chi connectivity index (χ3v) is 33.4. The minimum Gasteiger partial charge on any atom is -0.478 e. The first-order valence-corrected chi connectivity index (χ1v) is 57.8. The number of aromatic nitrogens is 5. The van der Waals surface area contributed by atoms with E-state index in [1.54, 1.807) is 90.5 Å². The Bertz CT molecular complexity index is 7230. The molecule has 9 aromatic carbocycles. The number of aldehydes is 1. The number of hydrogen-bond donors (Lipinski definition) is 6. The van der Waals surface area contributed by atoms with Gasteiger partial charge in [0.1, 0.15) is 36.0 Å². The van der Waals surface area contributed by atoms with E-state index in [0.717, 1.165) is 133 Å². The number of terminal acetylenes is 1. The van der Waals surface area contributed by atoms with Crippen molar-refractivity contribution >= 4 is 408 Å². The molecule has 0 spiro atoms. The van der Waals surface area contributed by atoms with Crippen LogP contribution in [-0.4, -0.2) is 95.5 Å². The zero-order valence-corrected chi connectivity index (χ0v) is 105. The van der Waals surface area contributed by atoms with Crippen molar-refractivity contribution in [2.24, 2.45) is 0 Å². The molecule has 41 heteroatoms. The van der Waals surface area contributed by atoms with Crippen molar-refractivity contribution in [2.75, 3.05) is 22.9 Å². The molecule has 0 unspecified atom stereocenters. The summed E-state index contributed by atoms with van der Waals surface area (Å²) in [5.41, 5.74) is 38.0. The number of carboxylic acids is 1. The Morgan fingerprint density at radius 1 is 0.426 bits per heavy atom. The number of anilines is 4. The molecule has 141 heavy (non-hydrogen) atoms. The van der Waals surface area contributed by atoms with E-state index in [1.165, 1.54) is 25.3 Å². The molecule has 0 saturated heterocycles. The maximum atomic E-state index is 12.3. The molecule has 752 valence electrons. The Balaban J connectivity index is 0.000000246. The second-order valence-electron chi connectivity index (χ2n) is 35.7. The van der Waals surface area contributed by atoms with Crippen LogP contribution in [0.4, 0.5) is 41.9 Å². The number of alkyl halides is 1. The highest BCUT2D eigenvalue weighted by Crippen LogP contribution is 2.43. The second kappa shape index (κ2) is 52.5. The first-order valence-electron chi connectivity index (χ1n) is 41.6. The average Bonchev–Trinajstić information content (AvgIpc) is 1.65. The first-order chi connectivity index (χ1) is 65.0. The third kappa shape index (κ3) is 33.4. The lowest BCUT2D eigenvalue weighted by Crippen LogP contribution is -2.27. The maximum absolute atomic E-state index is 12.3. The highest BCUT2D eigenvalue weighted by molar-refractivity contribution is 14.1. The van der Waals surface area contributed by atoms with Crippen molar-refractivity contribution in [2.45, 2.75) is 172 Å². The van der Waals surface area contributed by atoms with E-state index in [9.17, 15) is 33.9 Å². The van der Waals surface area contributed by atoms with E-state index in [-0.39, 0.29) is 26.7 Å². The smallest absolute Gasteiger partial charge is 0.419 e. The predicted octanol–water partition coefficient (Wildman–Crippen LogP) is 37.8. The number of nitrogens with two attached hydrogens (primary N) is 4. The van der Waals surface area contributed by atoms with Crippen molar-refractivity contribution < 1.29 is 52.8 Å². The SMILES string of the molecule is C#Cc1cc(Br)c(Cl)c(C)c1N.CC(C)(C)OC(=O)n1ccc2cc(Br)c(Cl)c(C(=O)O)c21.CC(C)(C)OC(=O)n1ccc2cc(Br)c(Cl)c(C=O)c21.CC(C)(C)OC(=O)n1ccc2cc(Br)c(Cl)c(CBr)c21.Cc1c(Cl)c(Br)cc2cc[nH]c12.Cc1c(Cl)c(Br)cc2ccn(C(=O)OC(C)(C)C)c12.Cc1c(N)c(C#C[Si](C)(C)C)cc(Br)c1Cl.Cc1c(N)c(I)cc(Br)c1Cl.Cc1c(N)ccc(Br)c1Cl. The molecule has 0 bridgehead atoms. The van der Waals surface area contributed by atoms with Gasteiger partial charge in [-0.15, -0.1) is 12.0 Å².